The SMILES string of the molecule is CN(C1CCCCCC1)C(C)(CN)C1CC1. The fourth-order valence-corrected chi connectivity index (χ4v) is 3.37. The van der Waals surface area contributed by atoms with E-state index >= 15 is 0 Å². The molecule has 0 spiro atoms. The van der Waals surface area contributed by atoms with Gasteiger partial charge >= 0.3 is 0 Å². The average molecular weight is 224 g/mol. The minimum absolute atomic E-state index is 0.273. The Bertz CT molecular complexity index is 217. The maximum Gasteiger partial charge on any atom is 0.0331 e. The minimum Gasteiger partial charge on any atom is -0.329 e. The molecule has 1 unspecified atom stereocenters. The molecule has 2 N–H and O–H groups in total. The summed E-state index contributed by atoms with van der Waals surface area (Å²) in [5.41, 5.74) is 6.33. The second-order valence-corrected chi connectivity index (χ2v) is 6.09. The van der Waals surface area contributed by atoms with Gasteiger partial charge < -0.3 is 5.73 Å². The van der Waals surface area contributed by atoms with E-state index in [2.05, 4.69) is 18.9 Å². The van der Waals surface area contributed by atoms with Crippen LogP contribution in [-0.4, -0.2) is 30.1 Å². The third-order valence-electron chi connectivity index (χ3n) is 5.05. The molecular weight excluding hydrogens is 196 g/mol. The molecule has 0 heterocycles. The Hall–Kier alpha value is -0.0800. The highest BCUT2D eigenvalue weighted by Gasteiger charge is 2.45. The normalized spacial score (nSPS) is 27.8. The molecule has 2 aliphatic carbocycles. The Morgan fingerprint density at radius 2 is 1.62 bits per heavy atom. The summed E-state index contributed by atoms with van der Waals surface area (Å²) in [7, 11) is 2.32. The fraction of sp³-hybridized carbons (Fsp3) is 1.00. The van der Waals surface area contributed by atoms with Crippen LogP contribution in [0.5, 0.6) is 0 Å². The first-order chi connectivity index (χ1) is 7.68. The molecule has 0 aliphatic heterocycles. The van der Waals surface area contributed by atoms with Crippen LogP contribution in [0.4, 0.5) is 0 Å². The summed E-state index contributed by atoms with van der Waals surface area (Å²) in [4.78, 5) is 2.63. The zero-order chi connectivity index (χ0) is 11.6. The van der Waals surface area contributed by atoms with Crippen LogP contribution in [0, 0.1) is 5.92 Å². The van der Waals surface area contributed by atoms with Crippen LogP contribution in [0.3, 0.4) is 0 Å². The Labute approximate surface area is 101 Å². The topological polar surface area (TPSA) is 29.3 Å². The van der Waals surface area contributed by atoms with Gasteiger partial charge in [0.1, 0.15) is 0 Å². The highest BCUT2D eigenvalue weighted by Crippen LogP contribution is 2.43. The van der Waals surface area contributed by atoms with Crippen molar-refractivity contribution in [1.29, 1.82) is 0 Å². The van der Waals surface area contributed by atoms with Gasteiger partial charge in [0.25, 0.3) is 0 Å². The van der Waals surface area contributed by atoms with E-state index in [0.29, 0.717) is 0 Å². The lowest BCUT2D eigenvalue weighted by molar-refractivity contribution is 0.0648. The van der Waals surface area contributed by atoms with Crippen LogP contribution in [0.15, 0.2) is 0 Å². The molecule has 0 amide bonds. The monoisotopic (exact) mass is 224 g/mol. The molecule has 0 bridgehead atoms. The number of hydrogen-bond donors (Lipinski definition) is 1. The molecule has 2 heteroatoms. The summed E-state index contributed by atoms with van der Waals surface area (Å²) in [5.74, 6) is 0.866. The zero-order valence-electron chi connectivity index (χ0n) is 11.0. The average Bonchev–Trinajstić information content (AvgIpc) is 3.12. The van der Waals surface area contributed by atoms with E-state index in [0.717, 1.165) is 18.5 Å². The van der Waals surface area contributed by atoms with Crippen molar-refractivity contribution in [2.45, 2.75) is 69.9 Å². The Morgan fingerprint density at radius 1 is 1.06 bits per heavy atom. The van der Waals surface area contributed by atoms with E-state index in [-0.39, 0.29) is 5.54 Å². The van der Waals surface area contributed by atoms with Crippen LogP contribution < -0.4 is 5.73 Å². The van der Waals surface area contributed by atoms with Crippen molar-refractivity contribution in [1.82, 2.24) is 4.90 Å². The molecule has 0 aromatic carbocycles. The lowest BCUT2D eigenvalue weighted by Gasteiger charge is -2.43. The summed E-state index contributed by atoms with van der Waals surface area (Å²) in [6.07, 6.45) is 11.3. The maximum absolute atomic E-state index is 6.05. The van der Waals surface area contributed by atoms with E-state index in [4.69, 9.17) is 5.73 Å². The first-order valence-corrected chi connectivity index (χ1v) is 7.11. The Balaban J connectivity index is 2.00. The van der Waals surface area contributed by atoms with Crippen LogP contribution in [0.25, 0.3) is 0 Å². The van der Waals surface area contributed by atoms with Crippen molar-refractivity contribution in [3.63, 3.8) is 0 Å². The summed E-state index contributed by atoms with van der Waals surface area (Å²) in [6, 6.07) is 0.789. The molecule has 2 rings (SSSR count). The molecule has 2 aliphatic rings. The highest BCUT2D eigenvalue weighted by atomic mass is 15.2. The Kier molecular flexibility index (Phi) is 3.91. The van der Waals surface area contributed by atoms with Gasteiger partial charge in [-0.25, -0.2) is 0 Å². The van der Waals surface area contributed by atoms with Crippen LogP contribution in [-0.2, 0) is 0 Å². The summed E-state index contributed by atoms with van der Waals surface area (Å²) in [5, 5.41) is 0. The van der Waals surface area contributed by atoms with Crippen LogP contribution >= 0.6 is 0 Å². The molecule has 16 heavy (non-hydrogen) atoms. The van der Waals surface area contributed by atoms with E-state index in [9.17, 15) is 0 Å². The maximum atomic E-state index is 6.05. The molecule has 1 atom stereocenters. The molecule has 0 radical (unpaired) electrons. The van der Waals surface area contributed by atoms with E-state index in [1.807, 2.05) is 0 Å². The Morgan fingerprint density at radius 3 is 2.06 bits per heavy atom. The predicted octanol–water partition coefficient (Wildman–Crippen LogP) is 2.77. The van der Waals surface area contributed by atoms with Gasteiger partial charge in [-0.2, -0.15) is 0 Å². The van der Waals surface area contributed by atoms with Crippen molar-refractivity contribution in [3.05, 3.63) is 0 Å². The quantitative estimate of drug-likeness (QED) is 0.744. The zero-order valence-corrected chi connectivity index (χ0v) is 11.0. The first kappa shape index (κ1) is 12.4. The van der Waals surface area contributed by atoms with Crippen molar-refractivity contribution < 1.29 is 0 Å². The van der Waals surface area contributed by atoms with Gasteiger partial charge in [0, 0.05) is 18.1 Å². The van der Waals surface area contributed by atoms with Gasteiger partial charge in [0.05, 0.1) is 0 Å². The summed E-state index contributed by atoms with van der Waals surface area (Å²) < 4.78 is 0. The second-order valence-electron chi connectivity index (χ2n) is 6.09. The number of nitrogens with two attached hydrogens (primary N) is 1. The van der Waals surface area contributed by atoms with Gasteiger partial charge in [-0.1, -0.05) is 25.7 Å². The molecule has 2 nitrogen and oxygen atoms in total. The molecular formula is C14H28N2. The first-order valence-electron chi connectivity index (χ1n) is 7.11. The number of nitrogens with zero attached hydrogens (tertiary/aromatic N) is 1. The van der Waals surface area contributed by atoms with E-state index in [1.165, 1.54) is 51.4 Å². The van der Waals surface area contributed by atoms with E-state index in [1.54, 1.807) is 0 Å². The summed E-state index contributed by atoms with van der Waals surface area (Å²) in [6.45, 7) is 3.21. The number of likely N-dealkylation sites (N-methyl/N-ethyl adjacent to an activating group) is 1. The van der Waals surface area contributed by atoms with Crippen LogP contribution in [0.2, 0.25) is 0 Å². The third-order valence-corrected chi connectivity index (χ3v) is 5.05. The van der Waals surface area contributed by atoms with Crippen molar-refractivity contribution >= 4 is 0 Å². The molecule has 0 saturated heterocycles. The lowest BCUT2D eigenvalue weighted by Crippen LogP contribution is -2.55. The largest absolute Gasteiger partial charge is 0.329 e. The van der Waals surface area contributed by atoms with Crippen molar-refractivity contribution in [2.24, 2.45) is 11.7 Å². The standard InChI is InChI=1S/C14H28N2/c1-14(11-15,12-9-10-12)16(2)13-7-5-3-4-6-8-13/h12-13H,3-11,15H2,1-2H3. The second kappa shape index (κ2) is 5.05. The van der Waals surface area contributed by atoms with Crippen molar-refractivity contribution in [3.8, 4) is 0 Å². The van der Waals surface area contributed by atoms with Crippen molar-refractivity contribution in [2.75, 3.05) is 13.6 Å². The van der Waals surface area contributed by atoms with Gasteiger partial charge in [-0.15, -0.1) is 0 Å². The van der Waals surface area contributed by atoms with Crippen LogP contribution in [0.1, 0.15) is 58.3 Å². The smallest absolute Gasteiger partial charge is 0.0331 e. The van der Waals surface area contributed by atoms with Gasteiger partial charge in [0.15, 0.2) is 0 Å². The van der Waals surface area contributed by atoms with Gasteiger partial charge in [-0.05, 0) is 45.6 Å². The molecule has 2 saturated carbocycles. The fourth-order valence-electron chi connectivity index (χ4n) is 3.37. The predicted molar refractivity (Wildman–Crippen MR) is 69.4 cm³/mol. The highest BCUT2D eigenvalue weighted by molar-refractivity contribution is 5.01. The van der Waals surface area contributed by atoms with E-state index < -0.39 is 0 Å². The molecule has 0 aromatic rings. The van der Waals surface area contributed by atoms with Gasteiger partial charge in [-0.3, -0.25) is 4.90 Å². The van der Waals surface area contributed by atoms with Gasteiger partial charge in [0.2, 0.25) is 0 Å². The molecule has 94 valence electrons. The number of rotatable bonds is 4. The lowest BCUT2D eigenvalue weighted by atomic mass is 9.90. The molecule has 2 fully saturated rings. The minimum atomic E-state index is 0.273. The molecule has 0 aromatic heterocycles. The summed E-state index contributed by atoms with van der Waals surface area (Å²) >= 11 is 0. The number of hydrogen-bond acceptors (Lipinski definition) is 2. The third kappa shape index (κ3) is 2.43.